The van der Waals surface area contributed by atoms with Gasteiger partial charge in [0.05, 0.1) is 33.5 Å². The van der Waals surface area contributed by atoms with Crippen molar-refractivity contribution in [3.63, 3.8) is 0 Å². The molecule has 1 saturated heterocycles. The molecule has 3 aromatic heterocycles. The van der Waals surface area contributed by atoms with Gasteiger partial charge >= 0.3 is 6.09 Å². The monoisotopic (exact) mass is 735 g/mol. The van der Waals surface area contributed by atoms with Crippen LogP contribution in [0.2, 0.25) is 5.02 Å². The highest BCUT2D eigenvalue weighted by Gasteiger charge is 2.28. The molecule has 4 heterocycles. The van der Waals surface area contributed by atoms with E-state index in [4.69, 9.17) is 26.1 Å². The summed E-state index contributed by atoms with van der Waals surface area (Å²) in [6.07, 6.45) is 6.02. The quantitative estimate of drug-likeness (QED) is 0.165. The zero-order chi connectivity index (χ0) is 36.5. The molecule has 268 valence electrons. The Balaban J connectivity index is 1.26. The van der Waals surface area contributed by atoms with E-state index in [1.807, 2.05) is 33.8 Å². The number of nitrogens with one attached hydrogen (secondary N) is 1. The number of halogens is 2. The number of anilines is 1. The van der Waals surface area contributed by atoms with Gasteiger partial charge in [-0.05, 0) is 81.8 Å². The third-order valence-electron chi connectivity index (χ3n) is 8.29. The molecule has 51 heavy (non-hydrogen) atoms. The number of hydrogen-bond acceptors (Lipinski definition) is 10. The minimum atomic E-state index is -3.86. The predicted molar refractivity (Wildman–Crippen MR) is 193 cm³/mol. The topological polar surface area (TPSA) is 141 Å². The van der Waals surface area contributed by atoms with Crippen LogP contribution in [0, 0.1) is 12.7 Å². The van der Waals surface area contributed by atoms with E-state index in [0.29, 0.717) is 46.8 Å². The zero-order valence-electron chi connectivity index (χ0n) is 29.0. The summed E-state index contributed by atoms with van der Waals surface area (Å²) in [6, 6.07) is 11.5. The molecule has 0 unspecified atom stereocenters. The molecule has 1 amide bonds. The van der Waals surface area contributed by atoms with Gasteiger partial charge in [-0.3, -0.25) is 4.68 Å². The van der Waals surface area contributed by atoms with E-state index in [9.17, 15) is 13.2 Å². The van der Waals surface area contributed by atoms with Crippen LogP contribution in [-0.4, -0.2) is 68.9 Å². The lowest BCUT2D eigenvalue weighted by atomic mass is 10.0. The minimum absolute atomic E-state index is 0.0186. The molecule has 0 aliphatic carbocycles. The van der Waals surface area contributed by atoms with Crippen LogP contribution in [0.5, 0.6) is 11.6 Å². The van der Waals surface area contributed by atoms with E-state index in [0.717, 1.165) is 18.4 Å². The lowest BCUT2D eigenvalue weighted by Gasteiger charge is -2.34. The summed E-state index contributed by atoms with van der Waals surface area (Å²) in [5, 5.41) is 8.63. The predicted octanol–water partition coefficient (Wildman–Crippen LogP) is 7.24. The molecule has 15 heteroatoms. The van der Waals surface area contributed by atoms with E-state index in [-0.39, 0.29) is 34.3 Å². The molecule has 1 fully saturated rings. The molecule has 1 N–H and O–H groups in total. The van der Waals surface area contributed by atoms with Gasteiger partial charge in [0.25, 0.3) is 0 Å². The Hall–Kier alpha value is -4.82. The Bertz CT molecular complexity index is 2210. The Morgan fingerprint density at radius 3 is 2.61 bits per heavy atom. The SMILES string of the molecule is Cc1ccc2c(CS(=O)(=O)Cc3nn(C)cc3Cl)c(F)ccc2c1Oc1ncccc1-c1ccnc(N[C@H]2CCCN(C(=O)OC(C)(C)C)C2)n1. The third-order valence-corrected chi connectivity index (χ3v) is 10.0. The number of pyridine rings is 1. The van der Waals surface area contributed by atoms with E-state index in [1.165, 1.54) is 16.9 Å². The molecule has 12 nitrogen and oxygen atoms in total. The number of benzene rings is 2. The highest BCUT2D eigenvalue weighted by Crippen LogP contribution is 2.39. The van der Waals surface area contributed by atoms with E-state index in [2.05, 4.69) is 20.4 Å². The first-order valence-electron chi connectivity index (χ1n) is 16.5. The second-order valence-electron chi connectivity index (χ2n) is 13.6. The Kier molecular flexibility index (Phi) is 10.2. The first-order valence-corrected chi connectivity index (χ1v) is 18.7. The summed E-state index contributed by atoms with van der Waals surface area (Å²) < 4.78 is 55.3. The summed E-state index contributed by atoms with van der Waals surface area (Å²) in [5.41, 5.74) is 1.49. The molecular formula is C36H39ClFN7O5S. The third kappa shape index (κ3) is 8.56. The fraction of sp³-hybridized carbons (Fsp3) is 0.361. The summed E-state index contributed by atoms with van der Waals surface area (Å²) in [4.78, 5) is 28.1. The second kappa shape index (κ2) is 14.4. The van der Waals surface area contributed by atoms with E-state index >= 15 is 4.39 Å². The fourth-order valence-electron chi connectivity index (χ4n) is 6.00. The van der Waals surface area contributed by atoms with Crippen LogP contribution in [0.3, 0.4) is 0 Å². The van der Waals surface area contributed by atoms with Crippen LogP contribution in [-0.2, 0) is 33.1 Å². The van der Waals surface area contributed by atoms with Crippen molar-refractivity contribution in [2.45, 2.75) is 63.7 Å². The second-order valence-corrected chi connectivity index (χ2v) is 16.1. The number of carbonyl (C=O) groups is 1. The van der Waals surface area contributed by atoms with Gasteiger partial charge in [-0.25, -0.2) is 32.6 Å². The maximum atomic E-state index is 15.3. The number of ether oxygens (including phenoxy) is 2. The number of carbonyl (C=O) groups excluding carboxylic acids is 1. The van der Waals surface area contributed by atoms with Crippen molar-refractivity contribution in [3.8, 4) is 22.9 Å². The number of sulfone groups is 1. The number of aryl methyl sites for hydroxylation is 2. The van der Waals surface area contributed by atoms with Crippen LogP contribution in [0.25, 0.3) is 22.0 Å². The maximum Gasteiger partial charge on any atom is 0.410 e. The molecule has 0 bridgehead atoms. The number of piperidine rings is 1. The normalized spacial score (nSPS) is 15.2. The van der Waals surface area contributed by atoms with Gasteiger partial charge in [-0.1, -0.05) is 23.7 Å². The summed E-state index contributed by atoms with van der Waals surface area (Å²) >= 11 is 6.17. The number of fused-ring (bicyclic) bond motifs is 1. The number of rotatable bonds is 9. The van der Waals surface area contributed by atoms with Crippen LogP contribution < -0.4 is 10.1 Å². The van der Waals surface area contributed by atoms with Crippen molar-refractivity contribution in [1.29, 1.82) is 0 Å². The van der Waals surface area contributed by atoms with Crippen LogP contribution in [0.4, 0.5) is 15.1 Å². The van der Waals surface area contributed by atoms with Gasteiger partial charge in [0.2, 0.25) is 11.8 Å². The molecule has 0 saturated carbocycles. The molecule has 1 aliphatic heterocycles. The van der Waals surface area contributed by atoms with Gasteiger partial charge in [0.15, 0.2) is 9.84 Å². The lowest BCUT2D eigenvalue weighted by molar-refractivity contribution is 0.0206. The maximum absolute atomic E-state index is 15.3. The fourth-order valence-corrected chi connectivity index (χ4v) is 7.79. The molecule has 0 radical (unpaired) electrons. The number of nitrogens with zero attached hydrogens (tertiary/aromatic N) is 6. The standard InChI is InChI=1S/C36H39ClFN7O5S/c1-22-10-11-24-25(12-13-29(38)27(24)20-51(47,48)21-31-28(37)19-44(5)43-31)32(22)49-33-26(9-6-15-39-33)30-14-16-40-34(42-30)41-23-8-7-17-45(18-23)35(46)50-36(2,3)4/h6,9-16,19,23H,7-8,17-18,20-21H2,1-5H3,(H,40,41,42)/t23-/m0/s1. The van der Waals surface area contributed by atoms with Crippen LogP contribution in [0.1, 0.15) is 50.4 Å². The van der Waals surface area contributed by atoms with Crippen molar-refractivity contribution >= 4 is 44.3 Å². The number of aromatic nitrogens is 5. The average Bonchev–Trinajstić information content (AvgIpc) is 3.38. The molecule has 1 aliphatic rings. The molecule has 6 rings (SSSR count). The Morgan fingerprint density at radius 2 is 1.86 bits per heavy atom. The molecule has 5 aromatic rings. The number of likely N-dealkylation sites (tertiary alicyclic amines) is 1. The Morgan fingerprint density at radius 1 is 1.08 bits per heavy atom. The zero-order valence-corrected chi connectivity index (χ0v) is 30.6. The van der Waals surface area contributed by atoms with Gasteiger partial charge in [0.1, 0.15) is 17.2 Å². The summed E-state index contributed by atoms with van der Waals surface area (Å²) in [5.74, 6) is -0.625. The average molecular weight is 736 g/mol. The highest BCUT2D eigenvalue weighted by molar-refractivity contribution is 7.89. The Labute approximate surface area is 300 Å². The van der Waals surface area contributed by atoms with Gasteiger partial charge in [0, 0.05) is 55.7 Å². The van der Waals surface area contributed by atoms with Crippen molar-refractivity contribution < 1.29 is 27.1 Å². The molecule has 2 aromatic carbocycles. The smallest absolute Gasteiger partial charge is 0.410 e. The van der Waals surface area contributed by atoms with Crippen molar-refractivity contribution in [3.05, 3.63) is 88.7 Å². The highest BCUT2D eigenvalue weighted by atomic mass is 35.5. The van der Waals surface area contributed by atoms with Crippen molar-refractivity contribution in [2.24, 2.45) is 7.05 Å². The molecular weight excluding hydrogens is 697 g/mol. The van der Waals surface area contributed by atoms with Crippen LogP contribution >= 0.6 is 11.6 Å². The van der Waals surface area contributed by atoms with Gasteiger partial charge in [-0.2, -0.15) is 5.10 Å². The van der Waals surface area contributed by atoms with Crippen molar-refractivity contribution in [2.75, 3.05) is 18.4 Å². The molecule has 1 atom stereocenters. The molecule has 0 spiro atoms. The number of amides is 1. The van der Waals surface area contributed by atoms with Gasteiger partial charge < -0.3 is 19.7 Å². The van der Waals surface area contributed by atoms with Gasteiger partial charge in [-0.15, -0.1) is 0 Å². The minimum Gasteiger partial charge on any atom is -0.444 e. The largest absolute Gasteiger partial charge is 0.444 e. The summed E-state index contributed by atoms with van der Waals surface area (Å²) in [7, 11) is -2.22. The van der Waals surface area contributed by atoms with Crippen molar-refractivity contribution in [1.82, 2.24) is 29.6 Å². The van der Waals surface area contributed by atoms with E-state index in [1.54, 1.807) is 54.7 Å². The number of hydrogen-bond donors (Lipinski definition) is 1. The first-order chi connectivity index (χ1) is 24.2. The lowest BCUT2D eigenvalue weighted by Crippen LogP contribution is -2.47. The summed E-state index contributed by atoms with van der Waals surface area (Å²) in [6.45, 7) is 8.43. The first kappa shape index (κ1) is 36.0. The van der Waals surface area contributed by atoms with E-state index < -0.39 is 32.8 Å². The van der Waals surface area contributed by atoms with Crippen LogP contribution in [0.15, 0.2) is 61.1 Å².